The van der Waals surface area contributed by atoms with Gasteiger partial charge in [-0.1, -0.05) is 24.3 Å². The van der Waals surface area contributed by atoms with Gasteiger partial charge in [0.15, 0.2) is 6.61 Å². The Balaban J connectivity index is 1.49. The molecule has 0 aliphatic rings. The second-order valence-electron chi connectivity index (χ2n) is 5.84. The predicted octanol–water partition coefficient (Wildman–Crippen LogP) is 4.36. The number of amides is 1. The Morgan fingerprint density at radius 3 is 2.30 bits per heavy atom. The molecule has 0 aliphatic carbocycles. The topological polar surface area (TPSA) is 55.8 Å². The van der Waals surface area contributed by atoms with Crippen LogP contribution in [0.1, 0.15) is 15.2 Å². The maximum absolute atomic E-state index is 12.1. The highest BCUT2D eigenvalue weighted by molar-refractivity contribution is 7.09. The molecule has 3 rings (SSSR count). The molecule has 2 aromatic carbocycles. The molecule has 0 saturated heterocycles. The van der Waals surface area contributed by atoms with Gasteiger partial charge in [0.05, 0.1) is 12.1 Å². The Hall–Kier alpha value is -3.12. The number of likely N-dealkylation sites (N-methyl/N-ethyl adjacent to an activating group) is 1. The van der Waals surface area contributed by atoms with Crippen LogP contribution in [-0.4, -0.2) is 30.4 Å². The van der Waals surface area contributed by atoms with E-state index in [9.17, 15) is 9.59 Å². The summed E-state index contributed by atoms with van der Waals surface area (Å²) in [6.45, 7) is 0.211. The number of hydrogen-bond donors (Lipinski definition) is 0. The zero-order valence-corrected chi connectivity index (χ0v) is 15.6. The highest BCUT2D eigenvalue weighted by Gasteiger charge is 2.14. The third-order valence-electron chi connectivity index (χ3n) is 3.79. The summed E-state index contributed by atoms with van der Waals surface area (Å²) in [4.78, 5) is 26.8. The van der Waals surface area contributed by atoms with Crippen molar-refractivity contribution in [1.29, 1.82) is 0 Å². The third-order valence-corrected chi connectivity index (χ3v) is 4.66. The van der Waals surface area contributed by atoms with Gasteiger partial charge in [-0.25, -0.2) is 4.79 Å². The third kappa shape index (κ3) is 5.43. The van der Waals surface area contributed by atoms with Gasteiger partial charge in [0.25, 0.3) is 5.91 Å². The monoisotopic (exact) mass is 381 g/mol. The molecule has 0 saturated carbocycles. The lowest BCUT2D eigenvalue weighted by Crippen LogP contribution is -2.30. The number of para-hydroxylation sites is 1. The Labute approximate surface area is 161 Å². The SMILES string of the molecule is CN(Cc1cccs1)C(=O)COC(=O)c1ccc(Oc2ccccc2)cc1. The van der Waals surface area contributed by atoms with E-state index in [2.05, 4.69) is 0 Å². The first kappa shape index (κ1) is 18.7. The highest BCUT2D eigenvalue weighted by atomic mass is 32.1. The molecule has 27 heavy (non-hydrogen) atoms. The minimum absolute atomic E-state index is 0.249. The van der Waals surface area contributed by atoms with Gasteiger partial charge in [0, 0.05) is 11.9 Å². The number of benzene rings is 2. The Morgan fingerprint density at radius 2 is 1.63 bits per heavy atom. The number of rotatable bonds is 7. The number of thiophene rings is 1. The molecule has 0 N–H and O–H groups in total. The van der Waals surface area contributed by atoms with Crippen LogP contribution in [0.3, 0.4) is 0 Å². The molecule has 0 bridgehead atoms. The van der Waals surface area contributed by atoms with E-state index in [0.29, 0.717) is 23.6 Å². The van der Waals surface area contributed by atoms with Crippen molar-refractivity contribution in [3.63, 3.8) is 0 Å². The Morgan fingerprint density at radius 1 is 0.926 bits per heavy atom. The molecule has 0 aliphatic heterocycles. The fourth-order valence-electron chi connectivity index (χ4n) is 2.33. The lowest BCUT2D eigenvalue weighted by molar-refractivity contribution is -0.133. The first-order valence-electron chi connectivity index (χ1n) is 8.38. The number of hydrogen-bond acceptors (Lipinski definition) is 5. The molecule has 1 aromatic heterocycles. The van der Waals surface area contributed by atoms with Gasteiger partial charge in [0.1, 0.15) is 11.5 Å². The van der Waals surface area contributed by atoms with Crippen molar-refractivity contribution in [1.82, 2.24) is 4.90 Å². The first-order chi connectivity index (χ1) is 13.1. The lowest BCUT2D eigenvalue weighted by Gasteiger charge is -2.16. The van der Waals surface area contributed by atoms with E-state index >= 15 is 0 Å². The van der Waals surface area contributed by atoms with Crippen LogP contribution in [0.25, 0.3) is 0 Å². The maximum atomic E-state index is 12.1. The zero-order valence-electron chi connectivity index (χ0n) is 14.8. The van der Waals surface area contributed by atoms with Crippen LogP contribution in [0.15, 0.2) is 72.1 Å². The fourth-order valence-corrected chi connectivity index (χ4v) is 3.09. The predicted molar refractivity (Wildman–Crippen MR) is 104 cm³/mol. The standard InChI is InChI=1S/C21H19NO4S/c1-22(14-19-8-5-13-27-19)20(23)15-25-21(24)16-9-11-18(12-10-16)26-17-6-3-2-4-7-17/h2-13H,14-15H2,1H3. The van der Waals surface area contributed by atoms with Gasteiger partial charge in [-0.15, -0.1) is 11.3 Å². The van der Waals surface area contributed by atoms with Gasteiger partial charge >= 0.3 is 5.97 Å². The maximum Gasteiger partial charge on any atom is 0.338 e. The summed E-state index contributed by atoms with van der Waals surface area (Å²) >= 11 is 1.58. The molecule has 6 heteroatoms. The first-order valence-corrected chi connectivity index (χ1v) is 9.26. The summed E-state index contributed by atoms with van der Waals surface area (Å²) in [5, 5.41) is 1.96. The summed E-state index contributed by atoms with van der Waals surface area (Å²) in [5.74, 6) is 0.539. The molecule has 5 nitrogen and oxygen atoms in total. The molecule has 1 heterocycles. The van der Waals surface area contributed by atoms with Crippen LogP contribution < -0.4 is 4.74 Å². The van der Waals surface area contributed by atoms with Gasteiger partial charge in [0.2, 0.25) is 0 Å². The molecule has 0 atom stereocenters. The van der Waals surface area contributed by atoms with E-state index in [1.54, 1.807) is 42.6 Å². The molecule has 0 spiro atoms. The minimum Gasteiger partial charge on any atom is -0.457 e. The Kier molecular flexibility index (Phi) is 6.22. The smallest absolute Gasteiger partial charge is 0.338 e. The molecule has 0 unspecified atom stereocenters. The second kappa shape index (κ2) is 9.00. The molecule has 3 aromatic rings. The molecule has 0 fully saturated rings. The summed E-state index contributed by atoms with van der Waals surface area (Å²) in [6.07, 6.45) is 0. The molecular formula is C21H19NO4S. The molecule has 138 valence electrons. The van der Waals surface area contributed by atoms with Crippen LogP contribution in [0.2, 0.25) is 0 Å². The van der Waals surface area contributed by atoms with Gasteiger partial charge in [-0.2, -0.15) is 0 Å². The van der Waals surface area contributed by atoms with Crippen molar-refractivity contribution in [2.24, 2.45) is 0 Å². The largest absolute Gasteiger partial charge is 0.457 e. The van der Waals surface area contributed by atoms with Gasteiger partial charge in [-0.05, 0) is 47.8 Å². The van der Waals surface area contributed by atoms with Crippen LogP contribution in [-0.2, 0) is 16.1 Å². The molecule has 0 radical (unpaired) electrons. The lowest BCUT2D eigenvalue weighted by atomic mass is 10.2. The summed E-state index contributed by atoms with van der Waals surface area (Å²) < 4.78 is 10.8. The second-order valence-corrected chi connectivity index (χ2v) is 6.88. The van der Waals surface area contributed by atoms with E-state index < -0.39 is 5.97 Å². The summed E-state index contributed by atoms with van der Waals surface area (Å²) in [6, 6.07) is 19.9. The average molecular weight is 381 g/mol. The van der Waals surface area contributed by atoms with Crippen LogP contribution in [0.4, 0.5) is 0 Å². The Bertz CT molecular complexity index is 876. The van der Waals surface area contributed by atoms with Crippen molar-refractivity contribution < 1.29 is 19.1 Å². The van der Waals surface area contributed by atoms with E-state index in [1.807, 2.05) is 47.8 Å². The number of ether oxygens (including phenoxy) is 2. The molecule has 1 amide bonds. The van der Waals surface area contributed by atoms with Crippen molar-refractivity contribution in [2.45, 2.75) is 6.54 Å². The number of carbonyl (C=O) groups excluding carboxylic acids is 2. The van der Waals surface area contributed by atoms with E-state index in [1.165, 1.54) is 4.90 Å². The zero-order chi connectivity index (χ0) is 19.1. The van der Waals surface area contributed by atoms with E-state index in [4.69, 9.17) is 9.47 Å². The normalized spacial score (nSPS) is 10.3. The van der Waals surface area contributed by atoms with Crippen LogP contribution >= 0.6 is 11.3 Å². The van der Waals surface area contributed by atoms with Gasteiger partial charge in [-0.3, -0.25) is 4.79 Å². The van der Waals surface area contributed by atoms with Crippen molar-refractivity contribution in [3.05, 3.63) is 82.6 Å². The quantitative estimate of drug-likeness (QED) is 0.571. The van der Waals surface area contributed by atoms with E-state index in [0.717, 1.165) is 4.88 Å². The number of esters is 1. The van der Waals surface area contributed by atoms with Crippen molar-refractivity contribution in [3.8, 4) is 11.5 Å². The van der Waals surface area contributed by atoms with Crippen LogP contribution in [0.5, 0.6) is 11.5 Å². The van der Waals surface area contributed by atoms with Crippen LogP contribution in [0, 0.1) is 0 Å². The summed E-state index contributed by atoms with van der Waals surface area (Å²) in [7, 11) is 1.69. The van der Waals surface area contributed by atoms with Crippen molar-refractivity contribution >= 4 is 23.2 Å². The number of carbonyl (C=O) groups is 2. The van der Waals surface area contributed by atoms with E-state index in [-0.39, 0.29) is 12.5 Å². The molecular weight excluding hydrogens is 362 g/mol. The van der Waals surface area contributed by atoms with Crippen molar-refractivity contribution in [2.75, 3.05) is 13.7 Å². The average Bonchev–Trinajstić information content (AvgIpc) is 3.20. The van der Waals surface area contributed by atoms with Gasteiger partial charge < -0.3 is 14.4 Å². The fraction of sp³-hybridized carbons (Fsp3) is 0.143. The highest BCUT2D eigenvalue weighted by Crippen LogP contribution is 2.21. The number of nitrogens with zero attached hydrogens (tertiary/aromatic N) is 1. The minimum atomic E-state index is -0.542. The summed E-state index contributed by atoms with van der Waals surface area (Å²) in [5.41, 5.74) is 0.365.